The Bertz CT molecular complexity index is 691. The molecule has 1 aromatic heterocycles. The lowest BCUT2D eigenvalue weighted by atomic mass is 10.1. The summed E-state index contributed by atoms with van der Waals surface area (Å²) < 4.78 is 11.3. The monoisotopic (exact) mass is 347 g/mol. The normalized spacial score (nSPS) is 13.3. The van der Waals surface area contributed by atoms with Gasteiger partial charge in [0.1, 0.15) is 18.5 Å². The summed E-state index contributed by atoms with van der Waals surface area (Å²) in [7, 11) is 0. The molecule has 2 aromatic rings. The van der Waals surface area contributed by atoms with Crippen molar-refractivity contribution in [2.24, 2.45) is 0 Å². The fourth-order valence-corrected chi connectivity index (χ4v) is 2.59. The van der Waals surface area contributed by atoms with Crippen LogP contribution in [-0.2, 0) is 6.54 Å². The van der Waals surface area contributed by atoms with E-state index in [1.807, 2.05) is 26.0 Å². The van der Waals surface area contributed by atoms with Gasteiger partial charge in [-0.15, -0.1) is 10.2 Å². The van der Waals surface area contributed by atoms with Crippen molar-refractivity contribution in [1.29, 1.82) is 0 Å². The molecule has 0 bridgehead atoms. The van der Waals surface area contributed by atoms with Crippen molar-refractivity contribution >= 4 is 0 Å². The quantitative estimate of drug-likeness (QED) is 0.830. The summed E-state index contributed by atoms with van der Waals surface area (Å²) in [6.45, 7) is 13.3. The fraction of sp³-hybridized carbons (Fsp3) is 0.579. The summed E-state index contributed by atoms with van der Waals surface area (Å²) in [5.74, 6) is 1.90. The third kappa shape index (κ3) is 5.83. The number of hydrogen-bond acceptors (Lipinski definition) is 6. The highest BCUT2D eigenvalue weighted by Crippen LogP contribution is 2.20. The van der Waals surface area contributed by atoms with Crippen molar-refractivity contribution in [3.05, 3.63) is 41.1 Å². The Kier molecular flexibility index (Phi) is 6.19. The van der Waals surface area contributed by atoms with Crippen LogP contribution in [0, 0.1) is 20.8 Å². The summed E-state index contributed by atoms with van der Waals surface area (Å²) in [6, 6.07) is 6.02. The van der Waals surface area contributed by atoms with E-state index in [9.17, 15) is 5.11 Å². The first-order chi connectivity index (χ1) is 11.6. The van der Waals surface area contributed by atoms with E-state index in [-0.39, 0.29) is 12.1 Å². The average molecular weight is 347 g/mol. The molecular weight excluding hydrogens is 318 g/mol. The Morgan fingerprint density at radius 2 is 1.92 bits per heavy atom. The molecule has 0 saturated carbocycles. The number of β-amino-alcohol motifs (C(OH)–C–C–N with tert-alkyl or cyclic N) is 1. The highest BCUT2D eigenvalue weighted by atomic mass is 16.5. The first kappa shape index (κ1) is 19.4. The van der Waals surface area contributed by atoms with Gasteiger partial charge in [0, 0.05) is 19.0 Å². The van der Waals surface area contributed by atoms with Crippen LogP contribution < -0.4 is 4.74 Å². The SMILES string of the molecule is Cc1ccc(OCC(O)CN(Cc2nnc(C)o2)C(C)(C)C)c(C)c1. The second kappa shape index (κ2) is 7.97. The molecule has 0 saturated heterocycles. The molecule has 0 aliphatic rings. The van der Waals surface area contributed by atoms with Crippen molar-refractivity contribution in [2.45, 2.75) is 59.7 Å². The predicted octanol–water partition coefficient (Wildman–Crippen LogP) is 3.04. The minimum atomic E-state index is -0.621. The van der Waals surface area contributed by atoms with Crippen LogP contribution in [0.2, 0.25) is 0 Å². The van der Waals surface area contributed by atoms with Gasteiger partial charge in [0.25, 0.3) is 0 Å². The maximum Gasteiger partial charge on any atom is 0.230 e. The number of aliphatic hydroxyl groups excluding tert-OH is 1. The predicted molar refractivity (Wildman–Crippen MR) is 96.6 cm³/mol. The Morgan fingerprint density at radius 1 is 1.20 bits per heavy atom. The molecule has 0 radical (unpaired) electrons. The number of ether oxygens (including phenoxy) is 1. The lowest BCUT2D eigenvalue weighted by Gasteiger charge is -2.35. The van der Waals surface area contributed by atoms with E-state index in [2.05, 4.69) is 41.9 Å². The molecule has 1 unspecified atom stereocenters. The molecule has 6 nitrogen and oxygen atoms in total. The zero-order chi connectivity index (χ0) is 18.6. The van der Waals surface area contributed by atoms with E-state index in [1.165, 1.54) is 5.56 Å². The van der Waals surface area contributed by atoms with Gasteiger partial charge in [-0.3, -0.25) is 4.90 Å². The molecule has 1 atom stereocenters. The molecule has 0 spiro atoms. The lowest BCUT2D eigenvalue weighted by molar-refractivity contribution is 0.0239. The van der Waals surface area contributed by atoms with E-state index in [0.29, 0.717) is 24.9 Å². The average Bonchev–Trinajstić information content (AvgIpc) is 2.90. The maximum absolute atomic E-state index is 10.4. The van der Waals surface area contributed by atoms with Gasteiger partial charge in [0.05, 0.1) is 6.54 Å². The maximum atomic E-state index is 10.4. The van der Waals surface area contributed by atoms with Gasteiger partial charge in [-0.1, -0.05) is 17.7 Å². The van der Waals surface area contributed by atoms with Crippen molar-refractivity contribution < 1.29 is 14.3 Å². The van der Waals surface area contributed by atoms with Crippen LogP contribution in [0.5, 0.6) is 5.75 Å². The molecule has 138 valence electrons. The van der Waals surface area contributed by atoms with E-state index in [1.54, 1.807) is 6.92 Å². The van der Waals surface area contributed by atoms with Crippen molar-refractivity contribution in [1.82, 2.24) is 15.1 Å². The molecule has 0 amide bonds. The van der Waals surface area contributed by atoms with Gasteiger partial charge in [-0.05, 0) is 46.2 Å². The Hall–Kier alpha value is -1.92. The molecule has 1 aromatic carbocycles. The molecule has 6 heteroatoms. The largest absolute Gasteiger partial charge is 0.491 e. The van der Waals surface area contributed by atoms with Crippen LogP contribution in [0.15, 0.2) is 22.6 Å². The summed E-state index contributed by atoms with van der Waals surface area (Å²) in [6.07, 6.45) is -0.621. The minimum absolute atomic E-state index is 0.150. The fourth-order valence-electron chi connectivity index (χ4n) is 2.59. The van der Waals surface area contributed by atoms with Crippen LogP contribution in [0.4, 0.5) is 0 Å². The summed E-state index contributed by atoms with van der Waals surface area (Å²) in [5.41, 5.74) is 2.11. The highest BCUT2D eigenvalue weighted by molar-refractivity contribution is 5.35. The number of nitrogens with zero attached hydrogens (tertiary/aromatic N) is 3. The Morgan fingerprint density at radius 3 is 2.48 bits per heavy atom. The summed E-state index contributed by atoms with van der Waals surface area (Å²) in [4.78, 5) is 2.11. The van der Waals surface area contributed by atoms with Gasteiger partial charge in [-0.25, -0.2) is 0 Å². The Balaban J connectivity index is 1.95. The number of aliphatic hydroxyl groups is 1. The Labute approximate surface area is 149 Å². The molecule has 0 fully saturated rings. The smallest absolute Gasteiger partial charge is 0.230 e. The standard InChI is InChI=1S/C19H29N3O3/c1-13-7-8-17(14(2)9-13)24-12-16(23)10-22(19(4,5)6)11-18-21-20-15(3)25-18/h7-9,16,23H,10-12H2,1-6H3. The van der Waals surface area contributed by atoms with E-state index < -0.39 is 6.10 Å². The number of hydrogen-bond donors (Lipinski definition) is 1. The molecule has 2 rings (SSSR count). The van der Waals surface area contributed by atoms with Crippen LogP contribution in [0.25, 0.3) is 0 Å². The second-order valence-corrected chi connectivity index (χ2v) is 7.50. The van der Waals surface area contributed by atoms with Crippen LogP contribution in [0.1, 0.15) is 43.7 Å². The van der Waals surface area contributed by atoms with E-state index in [0.717, 1.165) is 11.3 Å². The van der Waals surface area contributed by atoms with Gasteiger partial charge in [0.15, 0.2) is 0 Å². The van der Waals surface area contributed by atoms with Crippen LogP contribution in [-0.4, -0.2) is 45.0 Å². The summed E-state index contributed by atoms with van der Waals surface area (Å²) >= 11 is 0. The lowest BCUT2D eigenvalue weighted by Crippen LogP contribution is -2.46. The minimum Gasteiger partial charge on any atom is -0.491 e. The van der Waals surface area contributed by atoms with E-state index >= 15 is 0 Å². The van der Waals surface area contributed by atoms with E-state index in [4.69, 9.17) is 9.15 Å². The zero-order valence-electron chi connectivity index (χ0n) is 16.0. The van der Waals surface area contributed by atoms with Gasteiger partial charge in [-0.2, -0.15) is 0 Å². The van der Waals surface area contributed by atoms with Crippen LogP contribution in [0.3, 0.4) is 0 Å². The number of benzene rings is 1. The molecule has 0 aliphatic carbocycles. The van der Waals surface area contributed by atoms with Crippen LogP contribution >= 0.6 is 0 Å². The van der Waals surface area contributed by atoms with Crippen molar-refractivity contribution in [2.75, 3.05) is 13.2 Å². The number of rotatable bonds is 7. The second-order valence-electron chi connectivity index (χ2n) is 7.50. The van der Waals surface area contributed by atoms with Crippen molar-refractivity contribution in [3.8, 4) is 5.75 Å². The zero-order valence-corrected chi connectivity index (χ0v) is 16.0. The molecule has 25 heavy (non-hydrogen) atoms. The molecular formula is C19H29N3O3. The summed E-state index contributed by atoms with van der Waals surface area (Å²) in [5, 5.41) is 18.4. The topological polar surface area (TPSA) is 71.6 Å². The third-order valence-corrected chi connectivity index (χ3v) is 4.04. The highest BCUT2D eigenvalue weighted by Gasteiger charge is 2.26. The third-order valence-electron chi connectivity index (χ3n) is 4.04. The molecule has 1 N–H and O–H groups in total. The first-order valence-electron chi connectivity index (χ1n) is 8.57. The van der Waals surface area contributed by atoms with Gasteiger partial charge in [0.2, 0.25) is 11.8 Å². The molecule has 0 aliphatic heterocycles. The van der Waals surface area contributed by atoms with Gasteiger partial charge >= 0.3 is 0 Å². The number of aromatic nitrogens is 2. The van der Waals surface area contributed by atoms with Gasteiger partial charge < -0.3 is 14.3 Å². The number of aryl methyl sites for hydroxylation is 3. The molecule has 1 heterocycles. The van der Waals surface area contributed by atoms with Crippen molar-refractivity contribution in [3.63, 3.8) is 0 Å². The first-order valence-corrected chi connectivity index (χ1v) is 8.57.